The van der Waals surface area contributed by atoms with Crippen LogP contribution in [-0.4, -0.2) is 23.3 Å². The van der Waals surface area contributed by atoms with E-state index in [-0.39, 0.29) is 17.7 Å². The van der Waals surface area contributed by atoms with Crippen LogP contribution in [0.4, 0.5) is 0 Å². The van der Waals surface area contributed by atoms with Gasteiger partial charge in [0.05, 0.1) is 17.0 Å². The third-order valence-corrected chi connectivity index (χ3v) is 8.17. The van der Waals surface area contributed by atoms with Crippen LogP contribution >= 0.6 is 31.9 Å². The van der Waals surface area contributed by atoms with E-state index < -0.39 is 5.92 Å². The molecule has 2 aromatic rings. The molecule has 2 aromatic carbocycles. The van der Waals surface area contributed by atoms with E-state index >= 15 is 0 Å². The minimum absolute atomic E-state index is 0.0155. The minimum Gasteiger partial charge on any atom is -0.490 e. The van der Waals surface area contributed by atoms with Crippen LogP contribution in [0.25, 0.3) is 0 Å². The van der Waals surface area contributed by atoms with Gasteiger partial charge in [0.1, 0.15) is 6.61 Å². The number of ketones is 1. The van der Waals surface area contributed by atoms with Crippen LogP contribution in [-0.2, 0) is 16.7 Å². The summed E-state index contributed by atoms with van der Waals surface area (Å²) in [6.07, 6.45) is 8.62. The van der Waals surface area contributed by atoms with E-state index in [0.29, 0.717) is 31.1 Å². The summed E-state index contributed by atoms with van der Waals surface area (Å²) in [7, 11) is 0. The van der Waals surface area contributed by atoms with Gasteiger partial charge in [-0.15, -0.1) is 0 Å². The van der Waals surface area contributed by atoms with Crippen molar-refractivity contribution >= 4 is 37.6 Å². The quantitative estimate of drug-likeness (QED) is 0.210. The molecule has 1 fully saturated rings. The number of likely N-dealkylation sites (tertiary alicyclic amines) is 1. The van der Waals surface area contributed by atoms with Crippen molar-refractivity contribution in [1.82, 2.24) is 4.90 Å². The Labute approximate surface area is 236 Å². The Morgan fingerprint density at radius 1 is 1.14 bits per heavy atom. The van der Waals surface area contributed by atoms with Gasteiger partial charge in [-0.3, -0.25) is 9.69 Å². The molecule has 0 aromatic heterocycles. The second kappa shape index (κ2) is 12.3. The van der Waals surface area contributed by atoms with E-state index in [1.54, 1.807) is 11.0 Å². The van der Waals surface area contributed by atoms with Gasteiger partial charge in [-0.05, 0) is 89.2 Å². The van der Waals surface area contributed by atoms with Crippen molar-refractivity contribution in [3.63, 3.8) is 0 Å². The topological polar surface area (TPSA) is 62.6 Å². The van der Waals surface area contributed by atoms with E-state index in [0.717, 1.165) is 45.0 Å². The molecule has 1 saturated heterocycles. The number of hydrogen-bond donors (Lipinski definition) is 0. The van der Waals surface area contributed by atoms with Gasteiger partial charge in [0, 0.05) is 23.0 Å². The number of halogens is 2. The molecule has 1 aliphatic heterocycles. The number of nitrogens with zero attached hydrogens (tertiary/aromatic N) is 2. The summed E-state index contributed by atoms with van der Waals surface area (Å²) in [5.41, 5.74) is 5.07. The highest BCUT2D eigenvalue weighted by atomic mass is 79.9. The van der Waals surface area contributed by atoms with Crippen molar-refractivity contribution in [2.75, 3.05) is 6.61 Å². The fourth-order valence-corrected chi connectivity index (χ4v) is 6.23. The van der Waals surface area contributed by atoms with Gasteiger partial charge in [-0.2, -0.15) is 5.26 Å². The number of rotatable bonds is 9. The molecule has 2 aliphatic rings. The number of ether oxygens (including phenoxy) is 2. The van der Waals surface area contributed by atoms with Gasteiger partial charge < -0.3 is 9.47 Å². The van der Waals surface area contributed by atoms with E-state index in [4.69, 9.17) is 9.47 Å². The number of nitriles is 1. The average molecular weight is 628 g/mol. The summed E-state index contributed by atoms with van der Waals surface area (Å²) in [5.74, 6) is 0.900. The predicted molar refractivity (Wildman–Crippen MR) is 153 cm³/mol. The molecule has 0 N–H and O–H groups in total. The highest BCUT2D eigenvalue weighted by molar-refractivity contribution is 9.10. The molecule has 0 radical (unpaired) electrons. The summed E-state index contributed by atoms with van der Waals surface area (Å²) < 4.78 is 13.1. The number of fused-ring (bicyclic) bond motifs is 1. The monoisotopic (exact) mass is 626 g/mol. The van der Waals surface area contributed by atoms with Crippen LogP contribution in [0, 0.1) is 17.4 Å². The minimum atomic E-state index is -0.392. The molecule has 1 heterocycles. The van der Waals surface area contributed by atoms with Crippen molar-refractivity contribution in [3.8, 4) is 17.7 Å². The van der Waals surface area contributed by atoms with Crippen LogP contribution in [0.15, 0.2) is 64.3 Å². The average Bonchev–Trinajstić information content (AvgIpc) is 2.88. The second-order valence-electron chi connectivity index (χ2n) is 9.58. The SMILES string of the molecule is CCCC1=CC(=O)C2C(=C1)N(C#N)C(C)CC2c1cc(Br)c(OCc2cccc(CBr)c2)c(OCC)c1. The number of benzene rings is 2. The normalized spacial score (nSPS) is 21.0. The van der Waals surface area contributed by atoms with Gasteiger partial charge in [-0.1, -0.05) is 53.5 Å². The molecule has 3 atom stereocenters. The molecule has 7 heteroatoms. The zero-order valence-electron chi connectivity index (χ0n) is 21.5. The first kappa shape index (κ1) is 27.5. The smallest absolute Gasteiger partial charge is 0.184 e. The van der Waals surface area contributed by atoms with Crippen molar-refractivity contribution in [2.24, 2.45) is 5.92 Å². The molecule has 0 spiro atoms. The second-order valence-corrected chi connectivity index (χ2v) is 11.0. The maximum Gasteiger partial charge on any atom is 0.184 e. The Morgan fingerprint density at radius 3 is 2.62 bits per heavy atom. The molecule has 194 valence electrons. The molecule has 0 amide bonds. The number of carbonyl (C=O) groups excluding carboxylic acids is 1. The van der Waals surface area contributed by atoms with Crippen molar-refractivity contribution in [2.45, 2.75) is 63.9 Å². The Hall–Kier alpha value is -2.56. The van der Waals surface area contributed by atoms with E-state index in [2.05, 4.69) is 63.2 Å². The lowest BCUT2D eigenvalue weighted by atomic mass is 9.71. The first-order chi connectivity index (χ1) is 17.9. The van der Waals surface area contributed by atoms with Crippen molar-refractivity contribution in [1.29, 1.82) is 5.26 Å². The first-order valence-electron chi connectivity index (χ1n) is 12.8. The molecular weight excluding hydrogens is 596 g/mol. The third-order valence-electron chi connectivity index (χ3n) is 6.94. The van der Waals surface area contributed by atoms with Crippen LogP contribution in [0.3, 0.4) is 0 Å². The van der Waals surface area contributed by atoms with Gasteiger partial charge in [0.2, 0.25) is 0 Å². The fourth-order valence-electron chi connectivity index (χ4n) is 5.31. The first-order valence-corrected chi connectivity index (χ1v) is 14.7. The van der Waals surface area contributed by atoms with Gasteiger partial charge in [0.25, 0.3) is 0 Å². The summed E-state index contributed by atoms with van der Waals surface area (Å²) in [4.78, 5) is 15.1. The number of hydrogen-bond acceptors (Lipinski definition) is 5. The van der Waals surface area contributed by atoms with Crippen molar-refractivity contribution < 1.29 is 14.3 Å². The maximum absolute atomic E-state index is 13.4. The summed E-state index contributed by atoms with van der Waals surface area (Å²) in [6, 6.07) is 12.3. The zero-order valence-corrected chi connectivity index (χ0v) is 24.6. The molecule has 0 bridgehead atoms. The lowest BCUT2D eigenvalue weighted by molar-refractivity contribution is -0.119. The van der Waals surface area contributed by atoms with Gasteiger partial charge >= 0.3 is 0 Å². The number of carbonyl (C=O) groups is 1. The number of alkyl halides is 1. The molecule has 5 nitrogen and oxygen atoms in total. The van der Waals surface area contributed by atoms with Crippen LogP contribution < -0.4 is 9.47 Å². The Balaban J connectivity index is 1.68. The summed E-state index contributed by atoms with van der Waals surface area (Å²) >= 11 is 7.23. The van der Waals surface area contributed by atoms with Crippen LogP contribution in [0.5, 0.6) is 11.5 Å². The zero-order chi connectivity index (χ0) is 26.5. The predicted octanol–water partition coefficient (Wildman–Crippen LogP) is 7.79. The largest absolute Gasteiger partial charge is 0.490 e. The van der Waals surface area contributed by atoms with E-state index in [9.17, 15) is 10.1 Å². The molecule has 0 saturated carbocycles. The summed E-state index contributed by atoms with van der Waals surface area (Å²) in [5, 5.41) is 10.7. The highest BCUT2D eigenvalue weighted by Crippen LogP contribution is 2.48. The van der Waals surface area contributed by atoms with Crippen LogP contribution in [0.1, 0.15) is 62.6 Å². The Kier molecular flexibility index (Phi) is 9.15. The molecule has 3 unspecified atom stereocenters. The number of allylic oxidation sites excluding steroid dienone is 4. The molecular formula is C30H32Br2N2O3. The third kappa shape index (κ3) is 5.97. The molecule has 1 aliphatic carbocycles. The number of piperidine rings is 1. The molecule has 37 heavy (non-hydrogen) atoms. The van der Waals surface area contributed by atoms with Gasteiger partial charge in [-0.25, -0.2) is 0 Å². The lowest BCUT2D eigenvalue weighted by Gasteiger charge is -2.43. The fraction of sp³-hybridized carbons (Fsp3) is 0.400. The Morgan fingerprint density at radius 2 is 1.92 bits per heavy atom. The van der Waals surface area contributed by atoms with E-state index in [1.165, 1.54) is 5.56 Å². The van der Waals surface area contributed by atoms with Crippen molar-refractivity contribution in [3.05, 3.63) is 81.0 Å². The maximum atomic E-state index is 13.4. The lowest BCUT2D eigenvalue weighted by Crippen LogP contribution is -2.44. The highest BCUT2D eigenvalue weighted by Gasteiger charge is 2.43. The van der Waals surface area contributed by atoms with Gasteiger partial charge in [0.15, 0.2) is 23.5 Å². The molecule has 4 rings (SSSR count). The Bertz CT molecular complexity index is 1260. The van der Waals surface area contributed by atoms with E-state index in [1.807, 2.05) is 38.1 Å². The summed E-state index contributed by atoms with van der Waals surface area (Å²) in [6.45, 7) is 7.00. The van der Waals surface area contributed by atoms with Crippen LogP contribution in [0.2, 0.25) is 0 Å². The standard InChI is InChI=1S/C30H32Br2N2O3/c1-4-7-20-12-26-29(27(35)13-20)24(10-19(3)34(26)18-33)23-14-25(32)30(28(15-23)36-5-2)37-17-22-9-6-8-21(11-22)16-31/h6,8-9,11-15,19,24,29H,4-5,7,10,16-17H2,1-3H3.